The lowest BCUT2D eigenvalue weighted by molar-refractivity contribution is 0.861. The number of hydrogen-bond donors (Lipinski definition) is 1. The molecule has 1 N–H and O–H groups in total. The van der Waals surface area contributed by atoms with Crippen LogP contribution in [-0.2, 0) is 6.42 Å². The van der Waals surface area contributed by atoms with Gasteiger partial charge in [0.2, 0.25) is 0 Å². The Morgan fingerprint density at radius 2 is 1.75 bits per heavy atom. The molecule has 1 aromatic carbocycles. The Kier molecular flexibility index (Phi) is 4.81. The van der Waals surface area contributed by atoms with E-state index in [0.717, 1.165) is 39.7 Å². The first-order chi connectivity index (χ1) is 9.43. The van der Waals surface area contributed by atoms with Crippen LogP contribution in [0.2, 0.25) is 0 Å². The monoisotopic (exact) mass is 398 g/mol. The topological polar surface area (TPSA) is 45.8 Å². The maximum Gasteiger partial charge on any atom is 0.265 e. The Morgan fingerprint density at radius 3 is 2.30 bits per heavy atom. The molecule has 3 nitrogen and oxygen atoms in total. The molecule has 0 spiro atoms. The van der Waals surface area contributed by atoms with E-state index in [1.807, 2.05) is 26.0 Å². The van der Waals surface area contributed by atoms with E-state index in [1.165, 1.54) is 0 Å². The molecule has 0 aliphatic rings. The average molecular weight is 400 g/mol. The van der Waals surface area contributed by atoms with E-state index < -0.39 is 0 Å². The van der Waals surface area contributed by atoms with Crippen LogP contribution in [0.4, 0.5) is 0 Å². The van der Waals surface area contributed by atoms with Crippen molar-refractivity contribution in [1.82, 2.24) is 9.97 Å². The molecule has 0 saturated carbocycles. The van der Waals surface area contributed by atoms with Gasteiger partial charge in [0.15, 0.2) is 0 Å². The molecule has 0 saturated heterocycles. The average Bonchev–Trinajstić information content (AvgIpc) is 2.40. The van der Waals surface area contributed by atoms with Crippen LogP contribution < -0.4 is 5.56 Å². The van der Waals surface area contributed by atoms with Crippen molar-refractivity contribution in [3.8, 4) is 11.4 Å². The fourth-order valence-electron chi connectivity index (χ4n) is 2.13. The summed E-state index contributed by atoms with van der Waals surface area (Å²) in [6.07, 6.45) is 1.74. The van der Waals surface area contributed by atoms with E-state index in [0.29, 0.717) is 10.3 Å². The van der Waals surface area contributed by atoms with Crippen LogP contribution in [0.3, 0.4) is 0 Å². The largest absolute Gasteiger partial charge is 0.306 e. The van der Waals surface area contributed by atoms with Gasteiger partial charge in [0.1, 0.15) is 10.3 Å². The van der Waals surface area contributed by atoms with Crippen LogP contribution >= 0.6 is 31.9 Å². The maximum absolute atomic E-state index is 12.0. The molecule has 2 rings (SSSR count). The molecule has 0 amide bonds. The zero-order chi connectivity index (χ0) is 14.9. The molecular weight excluding hydrogens is 384 g/mol. The normalized spacial score (nSPS) is 10.8. The Bertz CT molecular complexity index is 685. The van der Waals surface area contributed by atoms with Crippen LogP contribution in [0.25, 0.3) is 11.4 Å². The second-order valence-corrected chi connectivity index (χ2v) is 6.44. The van der Waals surface area contributed by atoms with E-state index in [2.05, 4.69) is 48.8 Å². The molecule has 2 aromatic rings. The quantitative estimate of drug-likeness (QED) is 0.823. The van der Waals surface area contributed by atoms with Crippen LogP contribution in [0, 0.1) is 13.8 Å². The summed E-state index contributed by atoms with van der Waals surface area (Å²) >= 11 is 6.87. The third-order valence-corrected chi connectivity index (χ3v) is 5.20. The van der Waals surface area contributed by atoms with Gasteiger partial charge in [-0.3, -0.25) is 4.79 Å². The van der Waals surface area contributed by atoms with Gasteiger partial charge in [-0.2, -0.15) is 0 Å². The van der Waals surface area contributed by atoms with Crippen molar-refractivity contribution in [2.45, 2.75) is 33.6 Å². The number of aromatic amines is 1. The number of rotatable bonds is 3. The highest BCUT2D eigenvalue weighted by Gasteiger charge is 2.11. The zero-order valence-corrected chi connectivity index (χ0v) is 14.9. The predicted octanol–water partition coefficient (Wildman–Crippen LogP) is 4.53. The molecule has 20 heavy (non-hydrogen) atoms. The summed E-state index contributed by atoms with van der Waals surface area (Å²) < 4.78 is 1.63. The van der Waals surface area contributed by atoms with Gasteiger partial charge in [0.05, 0.1) is 5.69 Å². The number of hydrogen-bond acceptors (Lipinski definition) is 2. The molecule has 0 unspecified atom stereocenters. The lowest BCUT2D eigenvalue weighted by atomic mass is 10.1. The van der Waals surface area contributed by atoms with Crippen LogP contribution in [0.1, 0.15) is 30.2 Å². The standard InChI is InChI=1S/C15H16Br2N2O/c1-4-5-11-13(17)15(20)19-14(18-11)10-6-8(2)12(16)9(3)7-10/h6-7H,4-5H2,1-3H3,(H,18,19,20). The number of benzene rings is 1. The van der Waals surface area contributed by atoms with Gasteiger partial charge in [-0.25, -0.2) is 4.98 Å². The third-order valence-electron chi connectivity index (χ3n) is 3.13. The lowest BCUT2D eigenvalue weighted by Gasteiger charge is -2.09. The van der Waals surface area contributed by atoms with Gasteiger partial charge < -0.3 is 4.98 Å². The second-order valence-electron chi connectivity index (χ2n) is 4.85. The van der Waals surface area contributed by atoms with Gasteiger partial charge in [0, 0.05) is 10.0 Å². The summed E-state index contributed by atoms with van der Waals surface area (Å²) in [5.74, 6) is 0.625. The summed E-state index contributed by atoms with van der Waals surface area (Å²) in [6.45, 7) is 6.14. The first-order valence-electron chi connectivity index (χ1n) is 6.49. The molecule has 1 heterocycles. The number of nitrogens with zero attached hydrogens (tertiary/aromatic N) is 1. The molecule has 0 fully saturated rings. The molecule has 0 atom stereocenters. The first kappa shape index (κ1) is 15.4. The van der Waals surface area contributed by atoms with E-state index in [1.54, 1.807) is 0 Å². The number of nitrogens with one attached hydrogen (secondary N) is 1. The van der Waals surface area contributed by atoms with Gasteiger partial charge in [0.25, 0.3) is 5.56 Å². The zero-order valence-electron chi connectivity index (χ0n) is 11.7. The number of aryl methyl sites for hydroxylation is 3. The third kappa shape index (κ3) is 3.04. The smallest absolute Gasteiger partial charge is 0.265 e. The second kappa shape index (κ2) is 6.22. The SMILES string of the molecule is CCCc1nc(-c2cc(C)c(Br)c(C)c2)[nH]c(=O)c1Br. The van der Waals surface area contributed by atoms with Gasteiger partial charge in [-0.15, -0.1) is 0 Å². The molecule has 0 aliphatic carbocycles. The van der Waals surface area contributed by atoms with E-state index >= 15 is 0 Å². The minimum Gasteiger partial charge on any atom is -0.306 e. The van der Waals surface area contributed by atoms with Crippen molar-refractivity contribution in [2.24, 2.45) is 0 Å². The van der Waals surface area contributed by atoms with Gasteiger partial charge in [-0.1, -0.05) is 29.3 Å². The van der Waals surface area contributed by atoms with Crippen molar-refractivity contribution in [2.75, 3.05) is 0 Å². The first-order valence-corrected chi connectivity index (χ1v) is 8.08. The van der Waals surface area contributed by atoms with Gasteiger partial charge in [-0.05, 0) is 59.5 Å². The molecule has 0 bridgehead atoms. The molecule has 5 heteroatoms. The van der Waals surface area contributed by atoms with Gasteiger partial charge >= 0.3 is 0 Å². The highest BCUT2D eigenvalue weighted by molar-refractivity contribution is 9.10. The number of H-pyrrole nitrogens is 1. The summed E-state index contributed by atoms with van der Waals surface area (Å²) in [6, 6.07) is 4.05. The van der Waals surface area contributed by atoms with Crippen molar-refractivity contribution in [1.29, 1.82) is 0 Å². The van der Waals surface area contributed by atoms with E-state index in [4.69, 9.17) is 0 Å². The molecule has 1 aromatic heterocycles. The predicted molar refractivity (Wildman–Crippen MR) is 89.2 cm³/mol. The van der Waals surface area contributed by atoms with Crippen molar-refractivity contribution < 1.29 is 0 Å². The van der Waals surface area contributed by atoms with E-state index in [-0.39, 0.29) is 5.56 Å². The van der Waals surface area contributed by atoms with Crippen molar-refractivity contribution in [3.05, 3.63) is 48.3 Å². The molecule has 0 radical (unpaired) electrons. The summed E-state index contributed by atoms with van der Waals surface area (Å²) in [5, 5.41) is 0. The van der Waals surface area contributed by atoms with Crippen molar-refractivity contribution in [3.63, 3.8) is 0 Å². The van der Waals surface area contributed by atoms with Crippen molar-refractivity contribution >= 4 is 31.9 Å². The Morgan fingerprint density at radius 1 is 1.15 bits per heavy atom. The van der Waals surface area contributed by atoms with Crippen LogP contribution in [0.15, 0.2) is 25.9 Å². The maximum atomic E-state index is 12.0. The minimum atomic E-state index is -0.128. The highest BCUT2D eigenvalue weighted by atomic mass is 79.9. The Labute approximate surface area is 135 Å². The number of halogens is 2. The molecular formula is C15H16Br2N2O. The Hall–Kier alpha value is -0.940. The Balaban J connectivity index is 2.61. The minimum absolute atomic E-state index is 0.128. The fourth-order valence-corrected chi connectivity index (χ4v) is 2.74. The summed E-state index contributed by atoms with van der Waals surface area (Å²) in [5.41, 5.74) is 3.87. The summed E-state index contributed by atoms with van der Waals surface area (Å²) in [4.78, 5) is 19.4. The highest BCUT2D eigenvalue weighted by Crippen LogP contribution is 2.27. The van der Waals surface area contributed by atoms with E-state index in [9.17, 15) is 4.79 Å². The van der Waals surface area contributed by atoms with Crippen LogP contribution in [-0.4, -0.2) is 9.97 Å². The molecule has 106 valence electrons. The fraction of sp³-hybridized carbons (Fsp3) is 0.333. The number of aromatic nitrogens is 2. The summed E-state index contributed by atoms with van der Waals surface area (Å²) in [7, 11) is 0. The van der Waals surface area contributed by atoms with Crippen LogP contribution in [0.5, 0.6) is 0 Å². The molecule has 0 aliphatic heterocycles. The lowest BCUT2D eigenvalue weighted by Crippen LogP contribution is -2.13.